The molecule has 2 aliphatic heterocycles. The average Bonchev–Trinajstić information content (AvgIpc) is 3.36. The van der Waals surface area contributed by atoms with Crippen LogP contribution in [0.15, 0.2) is 30.0 Å². The number of rotatable bonds is 3. The van der Waals surface area contributed by atoms with Crippen LogP contribution < -0.4 is 4.31 Å². The van der Waals surface area contributed by atoms with E-state index in [1.807, 2.05) is 27.7 Å². The van der Waals surface area contributed by atoms with Gasteiger partial charge in [-0.05, 0) is 52.5 Å². The Bertz CT molecular complexity index is 892. The van der Waals surface area contributed by atoms with E-state index in [2.05, 4.69) is 0 Å². The number of hydrogen-bond donors (Lipinski definition) is 0. The SMILES string of the molecule is CC1(C)OB(C(F)=C2CS(=O)(=O)N(CC3CC3)c3ccccc32)OC1(C)C. The van der Waals surface area contributed by atoms with Gasteiger partial charge in [0.15, 0.2) is 0 Å². The first kappa shape index (κ1) is 19.0. The first-order chi connectivity index (χ1) is 12.5. The molecule has 0 aromatic heterocycles. The van der Waals surface area contributed by atoms with E-state index in [-0.39, 0.29) is 11.3 Å². The number of halogens is 1. The minimum Gasteiger partial charge on any atom is -0.398 e. The Morgan fingerprint density at radius 2 is 1.78 bits per heavy atom. The standard InChI is InChI=1S/C19H25BFNO4S/c1-18(2)19(3,4)26-20(25-18)17(21)15-12-27(23,24)22(11-13-9-10-13)16-8-6-5-7-14(15)16/h5-8,13H,9-12H2,1-4H3. The molecule has 2 fully saturated rings. The van der Waals surface area contributed by atoms with Crippen LogP contribution in [0.4, 0.5) is 10.1 Å². The molecule has 4 rings (SSSR count). The second-order valence-corrected chi connectivity index (χ2v) is 10.6. The van der Waals surface area contributed by atoms with Crippen LogP contribution >= 0.6 is 0 Å². The summed E-state index contributed by atoms with van der Waals surface area (Å²) in [6.45, 7) is 7.83. The molecule has 8 heteroatoms. The van der Waals surface area contributed by atoms with Crippen molar-refractivity contribution < 1.29 is 22.1 Å². The molecule has 1 saturated heterocycles. The van der Waals surface area contributed by atoms with Crippen LogP contribution in [0.25, 0.3) is 5.57 Å². The van der Waals surface area contributed by atoms with Crippen molar-refractivity contribution in [1.82, 2.24) is 0 Å². The minimum absolute atomic E-state index is 0.135. The normalized spacial score (nSPS) is 27.4. The predicted octanol–water partition coefficient (Wildman–Crippen LogP) is 3.56. The summed E-state index contributed by atoms with van der Waals surface area (Å²) < 4.78 is 54.4. The second kappa shape index (κ2) is 6.06. The number of nitrogens with zero attached hydrogens (tertiary/aromatic N) is 1. The Morgan fingerprint density at radius 1 is 1.19 bits per heavy atom. The van der Waals surface area contributed by atoms with E-state index >= 15 is 4.39 Å². The van der Waals surface area contributed by atoms with E-state index in [0.717, 1.165) is 12.8 Å². The molecule has 0 atom stereocenters. The van der Waals surface area contributed by atoms with Gasteiger partial charge in [0.05, 0.1) is 22.6 Å². The van der Waals surface area contributed by atoms with Crippen molar-refractivity contribution in [2.75, 3.05) is 16.6 Å². The van der Waals surface area contributed by atoms with Crippen LogP contribution in [0.1, 0.15) is 46.1 Å². The van der Waals surface area contributed by atoms with Crippen molar-refractivity contribution in [2.45, 2.75) is 51.7 Å². The third kappa shape index (κ3) is 3.21. The van der Waals surface area contributed by atoms with Crippen molar-refractivity contribution >= 4 is 28.4 Å². The molecule has 1 aromatic rings. The van der Waals surface area contributed by atoms with Gasteiger partial charge in [-0.3, -0.25) is 4.31 Å². The predicted molar refractivity (Wildman–Crippen MR) is 104 cm³/mol. The lowest BCUT2D eigenvalue weighted by Gasteiger charge is -2.32. The number of anilines is 1. The molecule has 1 aromatic carbocycles. The summed E-state index contributed by atoms with van der Waals surface area (Å²) in [7, 11) is -4.85. The van der Waals surface area contributed by atoms with Gasteiger partial charge in [-0.25, -0.2) is 12.8 Å². The van der Waals surface area contributed by atoms with Crippen LogP contribution in [0.3, 0.4) is 0 Å². The molecule has 0 spiro atoms. The van der Waals surface area contributed by atoms with E-state index in [1.54, 1.807) is 24.3 Å². The van der Waals surface area contributed by atoms with Gasteiger partial charge in [-0.1, -0.05) is 18.2 Å². The van der Waals surface area contributed by atoms with Crippen molar-refractivity contribution in [3.05, 3.63) is 35.6 Å². The second-order valence-electron chi connectivity index (χ2n) is 8.66. The fourth-order valence-corrected chi connectivity index (χ4v) is 5.18. The highest BCUT2D eigenvalue weighted by Crippen LogP contribution is 2.44. The zero-order chi connectivity index (χ0) is 19.6. The molecule has 1 saturated carbocycles. The highest BCUT2D eigenvalue weighted by Gasteiger charge is 2.54. The fourth-order valence-electron chi connectivity index (χ4n) is 3.47. The molecule has 5 nitrogen and oxygen atoms in total. The van der Waals surface area contributed by atoms with E-state index in [0.29, 0.717) is 23.7 Å². The maximum Gasteiger partial charge on any atom is 0.525 e. The summed E-state index contributed by atoms with van der Waals surface area (Å²) in [6, 6.07) is 7.09. The molecule has 0 N–H and O–H groups in total. The van der Waals surface area contributed by atoms with Crippen molar-refractivity contribution in [3.63, 3.8) is 0 Å². The molecule has 0 unspecified atom stereocenters. The lowest BCUT2D eigenvalue weighted by molar-refractivity contribution is 0.00578. The maximum absolute atomic E-state index is 15.5. The molecule has 146 valence electrons. The van der Waals surface area contributed by atoms with Gasteiger partial charge in [0, 0.05) is 17.7 Å². The first-order valence-electron chi connectivity index (χ1n) is 9.36. The van der Waals surface area contributed by atoms with Gasteiger partial charge in [-0.2, -0.15) is 0 Å². The molecular weight excluding hydrogens is 368 g/mol. The van der Waals surface area contributed by atoms with Crippen LogP contribution in [0.2, 0.25) is 0 Å². The van der Waals surface area contributed by atoms with Gasteiger partial charge in [0.1, 0.15) is 5.73 Å². The first-order valence-corrected chi connectivity index (χ1v) is 11.0. The van der Waals surface area contributed by atoms with Gasteiger partial charge < -0.3 is 9.31 Å². The number of hydrogen-bond acceptors (Lipinski definition) is 4. The van der Waals surface area contributed by atoms with E-state index in [9.17, 15) is 8.42 Å². The van der Waals surface area contributed by atoms with E-state index in [4.69, 9.17) is 9.31 Å². The molecule has 27 heavy (non-hydrogen) atoms. The molecule has 1 aliphatic carbocycles. The lowest BCUT2D eigenvalue weighted by atomic mass is 9.83. The van der Waals surface area contributed by atoms with Crippen LogP contribution in [-0.2, 0) is 19.3 Å². The molecule has 0 amide bonds. The van der Waals surface area contributed by atoms with Crippen LogP contribution in [0.5, 0.6) is 0 Å². The van der Waals surface area contributed by atoms with E-state index < -0.39 is 34.1 Å². The summed E-state index contributed by atoms with van der Waals surface area (Å²) in [5.41, 5.74) is -0.772. The summed E-state index contributed by atoms with van der Waals surface area (Å²) in [4.78, 5) is 0. The number of benzene rings is 1. The Kier molecular flexibility index (Phi) is 4.26. The van der Waals surface area contributed by atoms with Crippen LogP contribution in [0, 0.1) is 5.92 Å². The minimum atomic E-state index is -3.65. The van der Waals surface area contributed by atoms with Crippen LogP contribution in [-0.4, -0.2) is 39.0 Å². The van der Waals surface area contributed by atoms with Gasteiger partial charge >= 0.3 is 7.12 Å². The number of sulfonamides is 1. The largest absolute Gasteiger partial charge is 0.525 e. The topological polar surface area (TPSA) is 55.8 Å². The van der Waals surface area contributed by atoms with Crippen molar-refractivity contribution in [3.8, 4) is 0 Å². The maximum atomic E-state index is 15.5. The van der Waals surface area contributed by atoms with Crippen molar-refractivity contribution in [2.24, 2.45) is 5.92 Å². The fraction of sp³-hybridized carbons (Fsp3) is 0.579. The van der Waals surface area contributed by atoms with Gasteiger partial charge in [-0.15, -0.1) is 0 Å². The van der Waals surface area contributed by atoms with E-state index in [1.165, 1.54) is 4.31 Å². The molecule has 2 heterocycles. The third-order valence-corrected chi connectivity index (χ3v) is 7.70. The summed E-state index contributed by atoms with van der Waals surface area (Å²) in [5.74, 6) is 0.0124. The average molecular weight is 393 g/mol. The van der Waals surface area contributed by atoms with Crippen molar-refractivity contribution in [1.29, 1.82) is 0 Å². The highest BCUT2D eigenvalue weighted by atomic mass is 32.2. The Morgan fingerprint density at radius 3 is 2.37 bits per heavy atom. The van der Waals surface area contributed by atoms with Gasteiger partial charge in [0.2, 0.25) is 10.0 Å². The quantitative estimate of drug-likeness (QED) is 0.737. The Labute approximate surface area is 160 Å². The van der Waals surface area contributed by atoms with Gasteiger partial charge in [0.25, 0.3) is 0 Å². The zero-order valence-corrected chi connectivity index (χ0v) is 17.0. The third-order valence-electron chi connectivity index (χ3n) is 6.03. The molecular formula is C19H25BFNO4S. The lowest BCUT2D eigenvalue weighted by Crippen LogP contribution is -2.41. The summed E-state index contributed by atoms with van der Waals surface area (Å²) in [6.07, 6.45) is 2.08. The zero-order valence-electron chi connectivity index (χ0n) is 16.2. The highest BCUT2D eigenvalue weighted by molar-refractivity contribution is 7.93. The summed E-state index contributed by atoms with van der Waals surface area (Å²) >= 11 is 0. The monoisotopic (exact) mass is 393 g/mol. The number of fused-ring (bicyclic) bond motifs is 1. The molecule has 0 radical (unpaired) electrons. The molecule has 0 bridgehead atoms. The molecule has 3 aliphatic rings. The Balaban J connectivity index is 1.78. The number of para-hydroxylation sites is 1. The Hall–Kier alpha value is -1.38. The smallest absolute Gasteiger partial charge is 0.398 e. The summed E-state index contributed by atoms with van der Waals surface area (Å²) in [5, 5.41) is 0.